The second kappa shape index (κ2) is 6.65. The lowest BCUT2D eigenvalue weighted by molar-refractivity contribution is 0.102. The molecule has 0 heterocycles. The Labute approximate surface area is 140 Å². The Morgan fingerprint density at radius 3 is 2.65 bits per heavy atom. The normalized spacial score (nSPS) is 10.2. The number of benzene rings is 2. The first-order chi connectivity index (χ1) is 9.51. The van der Waals surface area contributed by atoms with Crippen LogP contribution in [0, 0.1) is 3.57 Å². The minimum Gasteiger partial charge on any atom is -0.495 e. The molecule has 0 unspecified atom stereocenters. The van der Waals surface area contributed by atoms with Crippen LogP contribution in [0.2, 0.25) is 10.0 Å². The minimum atomic E-state index is -0.235. The Balaban J connectivity index is 2.25. The van der Waals surface area contributed by atoms with Crippen LogP contribution in [0.15, 0.2) is 36.4 Å². The fourth-order valence-corrected chi connectivity index (χ4v) is 2.55. The van der Waals surface area contributed by atoms with Crippen molar-refractivity contribution in [3.05, 3.63) is 55.6 Å². The summed E-state index contributed by atoms with van der Waals surface area (Å²) in [7, 11) is 1.52. The Bertz CT molecular complexity index is 662. The lowest BCUT2D eigenvalue weighted by atomic mass is 10.2. The molecule has 104 valence electrons. The summed E-state index contributed by atoms with van der Waals surface area (Å²) in [5, 5.41) is 3.79. The zero-order valence-electron chi connectivity index (χ0n) is 10.4. The monoisotopic (exact) mass is 421 g/mol. The molecule has 0 aliphatic heterocycles. The Kier molecular flexibility index (Phi) is 5.12. The smallest absolute Gasteiger partial charge is 0.256 e. The van der Waals surface area contributed by atoms with Gasteiger partial charge in [0.05, 0.1) is 17.7 Å². The number of rotatable bonds is 3. The second-order valence-corrected chi connectivity index (χ2v) is 5.93. The third kappa shape index (κ3) is 3.56. The molecule has 0 bridgehead atoms. The third-order valence-electron chi connectivity index (χ3n) is 2.58. The first-order valence-electron chi connectivity index (χ1n) is 5.61. The van der Waals surface area contributed by atoms with E-state index in [0.29, 0.717) is 27.0 Å². The first-order valence-corrected chi connectivity index (χ1v) is 7.44. The van der Waals surface area contributed by atoms with Gasteiger partial charge in [-0.15, -0.1) is 0 Å². The largest absolute Gasteiger partial charge is 0.495 e. The number of nitrogens with one attached hydrogen (secondary N) is 1. The molecule has 3 nitrogen and oxygen atoms in total. The van der Waals surface area contributed by atoms with Gasteiger partial charge in [0.1, 0.15) is 5.75 Å². The summed E-state index contributed by atoms with van der Waals surface area (Å²) in [5.74, 6) is 0.270. The molecule has 2 rings (SSSR count). The average Bonchev–Trinajstić information content (AvgIpc) is 2.43. The van der Waals surface area contributed by atoms with Crippen molar-refractivity contribution in [3.8, 4) is 5.75 Å². The molecule has 0 fully saturated rings. The van der Waals surface area contributed by atoms with Crippen LogP contribution in [-0.4, -0.2) is 13.0 Å². The fraction of sp³-hybridized carbons (Fsp3) is 0.0714. The van der Waals surface area contributed by atoms with Gasteiger partial charge in [0, 0.05) is 20.3 Å². The van der Waals surface area contributed by atoms with Crippen molar-refractivity contribution in [2.75, 3.05) is 12.4 Å². The number of amides is 1. The lowest BCUT2D eigenvalue weighted by Gasteiger charge is -2.09. The van der Waals surface area contributed by atoms with E-state index < -0.39 is 0 Å². The quantitative estimate of drug-likeness (QED) is 0.718. The number of ether oxygens (including phenoxy) is 1. The molecule has 0 radical (unpaired) electrons. The van der Waals surface area contributed by atoms with Crippen LogP contribution in [0.5, 0.6) is 5.75 Å². The topological polar surface area (TPSA) is 38.3 Å². The highest BCUT2D eigenvalue weighted by Crippen LogP contribution is 2.28. The van der Waals surface area contributed by atoms with Crippen LogP contribution in [0.3, 0.4) is 0 Å². The molecule has 0 aliphatic rings. The standard InChI is InChI=1S/C14H10Cl2INO2/c1-20-13-7-9(3-4-11(13)16)18-14(19)10-6-8(15)2-5-12(10)17/h2-7H,1H3,(H,18,19). The van der Waals surface area contributed by atoms with Crippen molar-refractivity contribution in [1.29, 1.82) is 0 Å². The van der Waals surface area contributed by atoms with E-state index in [4.69, 9.17) is 27.9 Å². The molecule has 0 spiro atoms. The molecular weight excluding hydrogens is 412 g/mol. The van der Waals surface area contributed by atoms with E-state index in [-0.39, 0.29) is 5.91 Å². The summed E-state index contributed by atoms with van der Waals surface area (Å²) < 4.78 is 5.93. The number of methoxy groups -OCH3 is 1. The first kappa shape index (κ1) is 15.4. The maximum absolute atomic E-state index is 12.2. The summed E-state index contributed by atoms with van der Waals surface area (Å²) in [5.41, 5.74) is 1.12. The second-order valence-electron chi connectivity index (χ2n) is 3.93. The van der Waals surface area contributed by atoms with Crippen LogP contribution in [0.25, 0.3) is 0 Å². The molecule has 20 heavy (non-hydrogen) atoms. The highest BCUT2D eigenvalue weighted by atomic mass is 127. The van der Waals surface area contributed by atoms with Gasteiger partial charge in [0.2, 0.25) is 0 Å². The average molecular weight is 422 g/mol. The van der Waals surface area contributed by atoms with Crippen LogP contribution < -0.4 is 10.1 Å². The van der Waals surface area contributed by atoms with Gasteiger partial charge in [0.25, 0.3) is 5.91 Å². The molecule has 0 atom stereocenters. The third-order valence-corrected chi connectivity index (χ3v) is 4.07. The van der Waals surface area contributed by atoms with Crippen molar-refractivity contribution >= 4 is 57.4 Å². The predicted octanol–water partition coefficient (Wildman–Crippen LogP) is 4.86. The van der Waals surface area contributed by atoms with E-state index in [9.17, 15) is 4.79 Å². The molecule has 2 aromatic rings. The highest BCUT2D eigenvalue weighted by molar-refractivity contribution is 14.1. The van der Waals surface area contributed by atoms with Crippen molar-refractivity contribution in [2.45, 2.75) is 0 Å². The number of carbonyl (C=O) groups is 1. The summed E-state index contributed by atoms with van der Waals surface area (Å²) >= 11 is 13.9. The van der Waals surface area contributed by atoms with Crippen molar-refractivity contribution in [1.82, 2.24) is 0 Å². The zero-order valence-corrected chi connectivity index (χ0v) is 14.1. The van der Waals surface area contributed by atoms with Gasteiger partial charge in [-0.3, -0.25) is 4.79 Å². The number of carbonyl (C=O) groups excluding carboxylic acids is 1. The Hall–Kier alpha value is -0.980. The molecule has 0 aliphatic carbocycles. The van der Waals surface area contributed by atoms with Crippen LogP contribution in [-0.2, 0) is 0 Å². The molecular formula is C14H10Cl2INO2. The maximum atomic E-state index is 12.2. The van der Waals surface area contributed by atoms with Crippen LogP contribution >= 0.6 is 45.8 Å². The van der Waals surface area contributed by atoms with Crippen LogP contribution in [0.4, 0.5) is 5.69 Å². The van der Waals surface area contributed by atoms with E-state index in [2.05, 4.69) is 27.9 Å². The Morgan fingerprint density at radius 2 is 1.95 bits per heavy atom. The number of hydrogen-bond acceptors (Lipinski definition) is 2. The van der Waals surface area contributed by atoms with Gasteiger partial charge in [0.15, 0.2) is 0 Å². The van der Waals surface area contributed by atoms with Gasteiger partial charge >= 0.3 is 0 Å². The van der Waals surface area contributed by atoms with E-state index in [1.165, 1.54) is 7.11 Å². The number of halogens is 3. The van der Waals surface area contributed by atoms with Crippen molar-refractivity contribution in [3.63, 3.8) is 0 Å². The van der Waals surface area contributed by atoms with E-state index >= 15 is 0 Å². The van der Waals surface area contributed by atoms with Crippen molar-refractivity contribution in [2.24, 2.45) is 0 Å². The SMILES string of the molecule is COc1cc(NC(=O)c2cc(Cl)ccc2I)ccc1Cl. The molecule has 0 saturated carbocycles. The molecule has 2 aromatic carbocycles. The summed E-state index contributed by atoms with van der Waals surface area (Å²) in [6, 6.07) is 10.2. The lowest BCUT2D eigenvalue weighted by Crippen LogP contribution is -2.13. The van der Waals surface area contributed by atoms with Crippen molar-refractivity contribution < 1.29 is 9.53 Å². The predicted molar refractivity (Wildman–Crippen MR) is 90.1 cm³/mol. The van der Waals surface area contributed by atoms with E-state index in [0.717, 1.165) is 3.57 Å². The van der Waals surface area contributed by atoms with Gasteiger partial charge in [-0.25, -0.2) is 0 Å². The minimum absolute atomic E-state index is 0.235. The van der Waals surface area contributed by atoms with E-state index in [1.807, 2.05) is 0 Å². The summed E-state index contributed by atoms with van der Waals surface area (Å²) in [6.45, 7) is 0. The highest BCUT2D eigenvalue weighted by Gasteiger charge is 2.12. The van der Waals surface area contributed by atoms with Gasteiger partial charge in [-0.2, -0.15) is 0 Å². The van der Waals surface area contributed by atoms with Gasteiger partial charge < -0.3 is 10.1 Å². The maximum Gasteiger partial charge on any atom is 0.256 e. The summed E-state index contributed by atoms with van der Waals surface area (Å²) in [6.07, 6.45) is 0. The fourth-order valence-electron chi connectivity index (χ4n) is 1.61. The van der Waals surface area contributed by atoms with Gasteiger partial charge in [-0.1, -0.05) is 23.2 Å². The molecule has 1 N–H and O–H groups in total. The van der Waals surface area contributed by atoms with Crippen LogP contribution in [0.1, 0.15) is 10.4 Å². The molecule has 1 amide bonds. The molecule has 0 aromatic heterocycles. The molecule has 0 saturated heterocycles. The number of anilines is 1. The number of hydrogen-bond donors (Lipinski definition) is 1. The Morgan fingerprint density at radius 1 is 1.20 bits per heavy atom. The van der Waals surface area contributed by atoms with E-state index in [1.54, 1.807) is 36.4 Å². The summed E-state index contributed by atoms with van der Waals surface area (Å²) in [4.78, 5) is 12.2. The molecule has 6 heteroatoms. The van der Waals surface area contributed by atoms with Gasteiger partial charge in [-0.05, 0) is 52.9 Å². The zero-order chi connectivity index (χ0) is 14.7.